The molecule has 3 aromatic rings. The number of aromatic nitrogens is 3. The highest BCUT2D eigenvalue weighted by atomic mass is 19.1. The smallest absolute Gasteiger partial charge is 0.291 e. The van der Waals surface area contributed by atoms with Crippen molar-refractivity contribution in [1.82, 2.24) is 19.7 Å². The van der Waals surface area contributed by atoms with Gasteiger partial charge in [0.15, 0.2) is 0 Å². The van der Waals surface area contributed by atoms with Gasteiger partial charge in [-0.2, -0.15) is 5.10 Å². The number of carbonyl (C=O) groups is 1. The number of carbonyl (C=O) groups excluding carboxylic acids is 1. The first-order valence-corrected chi connectivity index (χ1v) is 9.91. The molecule has 4 heterocycles. The van der Waals surface area contributed by atoms with E-state index in [-0.39, 0.29) is 41.0 Å². The molecule has 0 aliphatic carbocycles. The number of amides is 1. The van der Waals surface area contributed by atoms with Crippen molar-refractivity contribution in [2.75, 3.05) is 13.2 Å². The van der Waals surface area contributed by atoms with Gasteiger partial charge >= 0.3 is 0 Å². The van der Waals surface area contributed by atoms with Gasteiger partial charge in [0.05, 0.1) is 54.7 Å². The zero-order valence-electron chi connectivity index (χ0n) is 16.7. The Morgan fingerprint density at radius 3 is 2.72 bits per heavy atom. The monoisotopic (exact) mass is 441 g/mol. The number of hydrogen-bond acceptors (Lipinski definition) is 6. The van der Waals surface area contributed by atoms with Crippen LogP contribution in [-0.4, -0.2) is 43.7 Å². The summed E-state index contributed by atoms with van der Waals surface area (Å²) in [4.78, 5) is 29.6. The second kappa shape index (κ2) is 7.75. The summed E-state index contributed by atoms with van der Waals surface area (Å²) in [6.07, 6.45) is 1.40. The number of rotatable bonds is 5. The van der Waals surface area contributed by atoms with Gasteiger partial charge in [0, 0.05) is 29.8 Å². The number of hydrogen-bond donors (Lipinski definition) is 0. The van der Waals surface area contributed by atoms with E-state index in [1.54, 1.807) is 11.1 Å². The highest BCUT2D eigenvalue weighted by molar-refractivity contribution is 5.80. The maximum Gasteiger partial charge on any atom is 0.291 e. The molecule has 0 spiro atoms. The molecule has 2 aromatic heterocycles. The summed E-state index contributed by atoms with van der Waals surface area (Å²) in [5, 5.41) is 15.8. The zero-order chi connectivity index (χ0) is 22.4. The zero-order valence-corrected chi connectivity index (χ0v) is 16.7. The number of fused-ring (bicyclic) bond motifs is 1. The molecule has 0 unspecified atom stereocenters. The van der Waals surface area contributed by atoms with Crippen LogP contribution in [-0.2, 0) is 29.0 Å². The molecule has 1 aromatic carbocycles. The van der Waals surface area contributed by atoms with Crippen LogP contribution in [0.15, 0.2) is 36.5 Å². The van der Waals surface area contributed by atoms with Gasteiger partial charge < -0.3 is 9.64 Å². The van der Waals surface area contributed by atoms with Gasteiger partial charge in [0.2, 0.25) is 5.91 Å². The summed E-state index contributed by atoms with van der Waals surface area (Å²) in [6, 6.07) is 5.60. The number of nitrogens with zero attached hydrogens (tertiary/aromatic N) is 5. The van der Waals surface area contributed by atoms with E-state index in [0.29, 0.717) is 32.4 Å². The average molecular weight is 441 g/mol. The average Bonchev–Trinajstić information content (AvgIpc) is 3.29. The van der Waals surface area contributed by atoms with Crippen LogP contribution in [0.5, 0.6) is 0 Å². The molecule has 32 heavy (non-hydrogen) atoms. The first kappa shape index (κ1) is 20.2. The third-order valence-corrected chi connectivity index (χ3v) is 5.68. The van der Waals surface area contributed by atoms with E-state index in [9.17, 15) is 23.7 Å². The van der Waals surface area contributed by atoms with E-state index in [1.165, 1.54) is 18.2 Å². The van der Waals surface area contributed by atoms with Crippen molar-refractivity contribution < 1.29 is 23.2 Å². The number of benzene rings is 1. The molecular weight excluding hydrogens is 424 g/mol. The van der Waals surface area contributed by atoms with E-state index in [2.05, 4.69) is 10.1 Å². The van der Waals surface area contributed by atoms with E-state index < -0.39 is 16.6 Å². The van der Waals surface area contributed by atoms with Crippen molar-refractivity contribution in [3.8, 4) is 11.3 Å². The largest absolute Gasteiger partial charge is 0.377 e. The van der Waals surface area contributed by atoms with Crippen LogP contribution in [0.2, 0.25) is 0 Å². The molecule has 1 amide bonds. The van der Waals surface area contributed by atoms with E-state index in [4.69, 9.17) is 4.74 Å². The Hall–Kier alpha value is -3.73. The summed E-state index contributed by atoms with van der Waals surface area (Å²) in [5.41, 5.74) is 1.52. The van der Waals surface area contributed by atoms with Crippen LogP contribution in [0.4, 0.5) is 14.5 Å². The maximum absolute atomic E-state index is 14.2. The second-order valence-electron chi connectivity index (χ2n) is 7.72. The first-order valence-electron chi connectivity index (χ1n) is 9.91. The number of halogens is 2. The van der Waals surface area contributed by atoms with Gasteiger partial charge in [-0.15, -0.1) is 0 Å². The molecule has 0 atom stereocenters. The van der Waals surface area contributed by atoms with Crippen molar-refractivity contribution in [2.45, 2.75) is 25.6 Å². The molecule has 0 radical (unpaired) electrons. The minimum atomic E-state index is -0.844. The summed E-state index contributed by atoms with van der Waals surface area (Å²) in [6.45, 7) is 1.84. The number of ether oxygens (including phenoxy) is 1. The molecule has 164 valence electrons. The van der Waals surface area contributed by atoms with E-state index in [1.807, 2.05) is 4.68 Å². The molecular formula is C21H17F2N5O4. The van der Waals surface area contributed by atoms with E-state index in [0.717, 1.165) is 17.3 Å². The van der Waals surface area contributed by atoms with Crippen LogP contribution < -0.4 is 0 Å². The number of pyridine rings is 1. The third-order valence-electron chi connectivity index (χ3n) is 5.68. The lowest BCUT2D eigenvalue weighted by molar-refractivity contribution is -0.385. The Balaban J connectivity index is 1.39. The van der Waals surface area contributed by atoms with Crippen LogP contribution >= 0.6 is 0 Å². The Bertz CT molecular complexity index is 1240. The minimum Gasteiger partial charge on any atom is -0.377 e. The fourth-order valence-electron chi connectivity index (χ4n) is 3.92. The van der Waals surface area contributed by atoms with Crippen molar-refractivity contribution >= 4 is 11.6 Å². The predicted molar refractivity (Wildman–Crippen MR) is 106 cm³/mol. The van der Waals surface area contributed by atoms with Crippen molar-refractivity contribution in [2.24, 2.45) is 0 Å². The van der Waals surface area contributed by atoms with Gasteiger partial charge in [-0.25, -0.2) is 13.8 Å². The lowest BCUT2D eigenvalue weighted by Gasteiger charge is -2.28. The van der Waals surface area contributed by atoms with Gasteiger partial charge in [-0.05, 0) is 18.2 Å². The summed E-state index contributed by atoms with van der Waals surface area (Å²) >= 11 is 0. The Morgan fingerprint density at radius 2 is 2.03 bits per heavy atom. The van der Waals surface area contributed by atoms with Gasteiger partial charge in [-0.1, -0.05) is 0 Å². The van der Waals surface area contributed by atoms with Crippen LogP contribution in [0.3, 0.4) is 0 Å². The third kappa shape index (κ3) is 3.50. The molecule has 0 saturated carbocycles. The molecule has 9 nitrogen and oxygen atoms in total. The SMILES string of the molecule is O=C(Cc1nc(-c2ccc(F)cc2F)ccc1[N+](=O)[O-])N1Cc2cnn(C3COC3)c2C1. The fourth-order valence-corrected chi connectivity index (χ4v) is 3.92. The molecule has 5 rings (SSSR count). The Kier molecular flexibility index (Phi) is 4.89. The topological polar surface area (TPSA) is 103 Å². The summed E-state index contributed by atoms with van der Waals surface area (Å²) < 4.78 is 34.5. The van der Waals surface area contributed by atoms with Gasteiger partial charge in [0.25, 0.3) is 5.69 Å². The van der Waals surface area contributed by atoms with Gasteiger partial charge in [0.1, 0.15) is 17.3 Å². The van der Waals surface area contributed by atoms with Crippen molar-refractivity contribution in [1.29, 1.82) is 0 Å². The lowest BCUT2D eigenvalue weighted by atomic mass is 10.1. The predicted octanol–water partition coefficient (Wildman–Crippen LogP) is 2.79. The van der Waals surface area contributed by atoms with Crippen LogP contribution in [0.1, 0.15) is 23.0 Å². The highest BCUT2D eigenvalue weighted by Crippen LogP contribution is 2.30. The molecule has 0 N–H and O–H groups in total. The Morgan fingerprint density at radius 1 is 1.22 bits per heavy atom. The molecule has 2 aliphatic heterocycles. The molecule has 1 fully saturated rings. The van der Waals surface area contributed by atoms with E-state index >= 15 is 0 Å². The molecule has 11 heteroatoms. The molecule has 1 saturated heterocycles. The lowest BCUT2D eigenvalue weighted by Crippen LogP contribution is -2.33. The quantitative estimate of drug-likeness (QED) is 0.446. The normalized spacial score (nSPS) is 15.5. The second-order valence-corrected chi connectivity index (χ2v) is 7.72. The standard InChI is InChI=1S/C21H17F2N5O4/c22-13-1-2-15(16(23)5-13)17-3-4-19(28(30)31)18(25-17)6-21(29)26-8-12-7-24-27(20(12)9-26)14-10-32-11-14/h1-5,7,14H,6,8-11H2. The molecule has 2 aliphatic rings. The minimum absolute atomic E-state index is 0.00798. The molecule has 0 bridgehead atoms. The summed E-state index contributed by atoms with van der Waals surface area (Å²) in [5.74, 6) is -1.93. The fraction of sp³-hybridized carbons (Fsp3) is 0.286. The van der Waals surface area contributed by atoms with Crippen LogP contribution in [0.25, 0.3) is 11.3 Å². The van der Waals surface area contributed by atoms with Gasteiger partial charge in [-0.3, -0.25) is 19.6 Å². The highest BCUT2D eigenvalue weighted by Gasteiger charge is 2.32. The maximum atomic E-state index is 14.2. The van der Waals surface area contributed by atoms with Crippen LogP contribution in [0, 0.1) is 21.7 Å². The van der Waals surface area contributed by atoms with Crippen molar-refractivity contribution in [3.63, 3.8) is 0 Å². The Labute approximate surface area is 180 Å². The van der Waals surface area contributed by atoms with Crippen molar-refractivity contribution in [3.05, 3.63) is 75.2 Å². The summed E-state index contributed by atoms with van der Waals surface area (Å²) in [7, 11) is 0. The number of nitro groups is 1. The first-order chi connectivity index (χ1) is 15.4.